The van der Waals surface area contributed by atoms with Crippen molar-refractivity contribution in [1.82, 2.24) is 0 Å². The molecule has 0 aliphatic carbocycles. The summed E-state index contributed by atoms with van der Waals surface area (Å²) in [6.45, 7) is 0.204. The van der Waals surface area contributed by atoms with Gasteiger partial charge in [-0.2, -0.15) is 0 Å². The summed E-state index contributed by atoms with van der Waals surface area (Å²) in [4.78, 5) is 24.1. The summed E-state index contributed by atoms with van der Waals surface area (Å²) in [6.07, 6.45) is 0. The predicted octanol–water partition coefficient (Wildman–Crippen LogP) is 4.20. The van der Waals surface area contributed by atoms with Crippen LogP contribution in [-0.4, -0.2) is 19.0 Å². The second-order valence-electron chi connectivity index (χ2n) is 6.21. The molecule has 0 radical (unpaired) electrons. The normalized spacial score (nSPS) is 10.4. The minimum atomic E-state index is -1.46. The quantitative estimate of drug-likeness (QED) is 0.589. The van der Waals surface area contributed by atoms with Gasteiger partial charge in [-0.15, -0.1) is 0 Å². The zero-order chi connectivity index (χ0) is 21.7. The summed E-state index contributed by atoms with van der Waals surface area (Å²) in [6, 6.07) is 15.9. The van der Waals surface area contributed by atoms with Gasteiger partial charge in [-0.3, -0.25) is 4.79 Å². The Morgan fingerprint density at radius 2 is 1.77 bits per heavy atom. The van der Waals surface area contributed by atoms with Crippen LogP contribution in [0.25, 0.3) is 0 Å². The highest BCUT2D eigenvalue weighted by Gasteiger charge is 2.14. The molecule has 0 spiro atoms. The van der Waals surface area contributed by atoms with E-state index in [0.717, 1.165) is 5.56 Å². The van der Waals surface area contributed by atoms with Gasteiger partial charge in [0.25, 0.3) is 5.91 Å². The Hall–Kier alpha value is -3.22. The SMILES string of the molecule is COc1cccc(COc2ccc(NC(=O)c3ccc(Cl)cc3Cl)c(C(=O)[O-])c2)c1. The lowest BCUT2D eigenvalue weighted by molar-refractivity contribution is -0.254. The van der Waals surface area contributed by atoms with Crippen LogP contribution in [-0.2, 0) is 6.61 Å². The number of methoxy groups -OCH3 is 1. The Morgan fingerprint density at radius 1 is 0.967 bits per heavy atom. The van der Waals surface area contributed by atoms with Gasteiger partial charge in [-0.1, -0.05) is 35.3 Å². The predicted molar refractivity (Wildman–Crippen MR) is 113 cm³/mol. The molecule has 0 aliphatic rings. The number of rotatable bonds is 7. The van der Waals surface area contributed by atoms with E-state index in [2.05, 4.69) is 5.32 Å². The standard InChI is InChI=1S/C22H17Cl2NO5/c1-29-15-4-2-3-13(9-15)12-30-16-6-8-20(18(11-16)22(27)28)25-21(26)17-7-5-14(23)10-19(17)24/h2-11H,12H2,1H3,(H,25,26)(H,27,28)/p-1. The molecular weight excluding hydrogens is 429 g/mol. The molecule has 3 rings (SSSR count). The Bertz CT molecular complexity index is 1100. The molecule has 0 heterocycles. The Labute approximate surface area is 183 Å². The Kier molecular flexibility index (Phi) is 6.82. The molecule has 1 N–H and O–H groups in total. The first-order chi connectivity index (χ1) is 14.4. The second-order valence-corrected chi connectivity index (χ2v) is 7.06. The number of carbonyl (C=O) groups is 2. The highest BCUT2D eigenvalue weighted by molar-refractivity contribution is 6.37. The van der Waals surface area contributed by atoms with Crippen molar-refractivity contribution in [2.24, 2.45) is 0 Å². The molecule has 0 atom stereocenters. The number of carboxylic acid groups (broad SMARTS) is 1. The van der Waals surface area contributed by atoms with E-state index in [1.165, 1.54) is 30.3 Å². The van der Waals surface area contributed by atoms with Crippen molar-refractivity contribution in [3.63, 3.8) is 0 Å². The van der Waals surface area contributed by atoms with E-state index in [1.807, 2.05) is 24.3 Å². The molecule has 1 amide bonds. The van der Waals surface area contributed by atoms with Crippen LogP contribution in [0.5, 0.6) is 11.5 Å². The lowest BCUT2D eigenvalue weighted by Gasteiger charge is -2.15. The average molecular weight is 445 g/mol. The van der Waals surface area contributed by atoms with Crippen LogP contribution in [0.2, 0.25) is 10.0 Å². The Morgan fingerprint density at radius 3 is 2.47 bits per heavy atom. The monoisotopic (exact) mass is 444 g/mol. The average Bonchev–Trinajstić information content (AvgIpc) is 2.72. The van der Waals surface area contributed by atoms with Crippen LogP contribution in [0.4, 0.5) is 5.69 Å². The highest BCUT2D eigenvalue weighted by atomic mass is 35.5. The summed E-state index contributed by atoms with van der Waals surface area (Å²) in [5.74, 6) is -1.05. The van der Waals surface area contributed by atoms with Crippen molar-refractivity contribution < 1.29 is 24.2 Å². The number of halogens is 2. The molecular formula is C22H16Cl2NO5-. The van der Waals surface area contributed by atoms with Crippen LogP contribution in [0.15, 0.2) is 60.7 Å². The highest BCUT2D eigenvalue weighted by Crippen LogP contribution is 2.26. The van der Waals surface area contributed by atoms with Crippen molar-refractivity contribution >= 4 is 40.8 Å². The van der Waals surface area contributed by atoms with Gasteiger partial charge in [0.15, 0.2) is 0 Å². The fourth-order valence-electron chi connectivity index (χ4n) is 2.68. The van der Waals surface area contributed by atoms with Gasteiger partial charge < -0.3 is 24.7 Å². The van der Waals surface area contributed by atoms with Gasteiger partial charge in [0.2, 0.25) is 0 Å². The van der Waals surface area contributed by atoms with Gasteiger partial charge in [0.1, 0.15) is 18.1 Å². The number of amides is 1. The van der Waals surface area contributed by atoms with Gasteiger partial charge in [-0.25, -0.2) is 0 Å². The van der Waals surface area contributed by atoms with Crippen LogP contribution in [0, 0.1) is 0 Å². The molecule has 3 aromatic rings. The van der Waals surface area contributed by atoms with E-state index < -0.39 is 11.9 Å². The van der Waals surface area contributed by atoms with E-state index in [1.54, 1.807) is 13.2 Å². The molecule has 0 saturated heterocycles. The minimum absolute atomic E-state index is 0.0553. The molecule has 0 aliphatic heterocycles. The van der Waals surface area contributed by atoms with E-state index >= 15 is 0 Å². The molecule has 8 heteroatoms. The number of carboxylic acids is 1. The number of aromatic carboxylic acids is 1. The topological polar surface area (TPSA) is 87.7 Å². The van der Waals surface area contributed by atoms with Gasteiger partial charge in [0.05, 0.1) is 29.4 Å². The summed E-state index contributed by atoms with van der Waals surface area (Å²) >= 11 is 11.9. The third kappa shape index (κ3) is 5.23. The summed E-state index contributed by atoms with van der Waals surface area (Å²) in [5.41, 5.74) is 0.833. The fourth-order valence-corrected chi connectivity index (χ4v) is 3.18. The van der Waals surface area contributed by atoms with E-state index in [9.17, 15) is 14.7 Å². The van der Waals surface area contributed by atoms with E-state index in [4.69, 9.17) is 32.7 Å². The van der Waals surface area contributed by atoms with E-state index in [-0.39, 0.29) is 28.4 Å². The number of nitrogens with one attached hydrogen (secondary N) is 1. The van der Waals surface area contributed by atoms with Crippen molar-refractivity contribution in [1.29, 1.82) is 0 Å². The maximum absolute atomic E-state index is 12.5. The van der Waals surface area contributed by atoms with Gasteiger partial charge >= 0.3 is 0 Å². The zero-order valence-corrected chi connectivity index (χ0v) is 17.3. The van der Waals surface area contributed by atoms with E-state index in [0.29, 0.717) is 16.5 Å². The number of carbonyl (C=O) groups excluding carboxylic acids is 2. The maximum atomic E-state index is 12.5. The van der Waals surface area contributed by atoms with Gasteiger partial charge in [0, 0.05) is 10.6 Å². The van der Waals surface area contributed by atoms with Crippen molar-refractivity contribution in [3.8, 4) is 11.5 Å². The number of benzene rings is 3. The van der Waals surface area contributed by atoms with Crippen LogP contribution < -0.4 is 19.9 Å². The third-order valence-corrected chi connectivity index (χ3v) is 4.72. The molecule has 0 bridgehead atoms. The number of hydrogen-bond donors (Lipinski definition) is 1. The largest absolute Gasteiger partial charge is 0.545 e. The van der Waals surface area contributed by atoms with Crippen molar-refractivity contribution in [2.75, 3.05) is 12.4 Å². The third-order valence-electron chi connectivity index (χ3n) is 4.17. The van der Waals surface area contributed by atoms with Gasteiger partial charge in [-0.05, 0) is 54.1 Å². The van der Waals surface area contributed by atoms with Crippen LogP contribution in [0.3, 0.4) is 0 Å². The molecule has 30 heavy (non-hydrogen) atoms. The molecule has 0 aromatic heterocycles. The lowest BCUT2D eigenvalue weighted by Crippen LogP contribution is -2.25. The summed E-state index contributed by atoms with van der Waals surface area (Å²) in [5, 5.41) is 14.6. The molecule has 0 saturated carbocycles. The zero-order valence-electron chi connectivity index (χ0n) is 15.8. The van der Waals surface area contributed by atoms with Crippen molar-refractivity contribution in [2.45, 2.75) is 6.61 Å². The van der Waals surface area contributed by atoms with Crippen molar-refractivity contribution in [3.05, 3.63) is 87.4 Å². The minimum Gasteiger partial charge on any atom is -0.545 e. The molecule has 0 unspecified atom stereocenters. The first kappa shape index (κ1) is 21.5. The number of anilines is 1. The number of hydrogen-bond acceptors (Lipinski definition) is 5. The molecule has 6 nitrogen and oxygen atoms in total. The molecule has 154 valence electrons. The fraction of sp³-hybridized carbons (Fsp3) is 0.0909. The molecule has 3 aromatic carbocycles. The second kappa shape index (κ2) is 9.52. The smallest absolute Gasteiger partial charge is 0.257 e. The van der Waals surface area contributed by atoms with Crippen LogP contribution >= 0.6 is 23.2 Å². The van der Waals surface area contributed by atoms with Crippen LogP contribution in [0.1, 0.15) is 26.3 Å². The maximum Gasteiger partial charge on any atom is 0.257 e. The number of ether oxygens (including phenoxy) is 2. The summed E-state index contributed by atoms with van der Waals surface area (Å²) < 4.78 is 10.8. The Balaban J connectivity index is 1.77. The summed E-state index contributed by atoms with van der Waals surface area (Å²) in [7, 11) is 1.57. The lowest BCUT2D eigenvalue weighted by atomic mass is 10.1. The first-order valence-electron chi connectivity index (χ1n) is 8.75. The first-order valence-corrected chi connectivity index (χ1v) is 9.50. The molecule has 0 fully saturated rings.